The minimum Gasteiger partial charge on any atom is -0.495 e. The summed E-state index contributed by atoms with van der Waals surface area (Å²) in [5.41, 5.74) is 28.7. The minimum absolute atomic E-state index is 0.0247. The summed E-state index contributed by atoms with van der Waals surface area (Å²) in [4.78, 5) is 42.1. The lowest BCUT2D eigenvalue weighted by atomic mass is 10.0. The van der Waals surface area contributed by atoms with E-state index in [1.165, 1.54) is 7.11 Å². The van der Waals surface area contributed by atoms with Gasteiger partial charge in [0.05, 0.1) is 36.8 Å². The Labute approximate surface area is 252 Å². The van der Waals surface area contributed by atoms with Crippen LogP contribution in [-0.2, 0) is 6.54 Å². The fourth-order valence-electron chi connectivity index (χ4n) is 4.18. The van der Waals surface area contributed by atoms with Crippen LogP contribution in [0.25, 0.3) is 11.2 Å². The van der Waals surface area contributed by atoms with Gasteiger partial charge in [0.25, 0.3) is 11.8 Å². The van der Waals surface area contributed by atoms with Crippen LogP contribution < -0.4 is 55.0 Å². The molecule has 4 aromatic rings. The number of nitrogen functional groups attached to an aromatic ring is 3. The number of carbonyl (C=O) groups is 2. The molecule has 0 radical (unpaired) electrons. The molecule has 0 fully saturated rings. The third-order valence-corrected chi connectivity index (χ3v) is 6.35. The molecule has 2 amide bonds. The van der Waals surface area contributed by atoms with Crippen LogP contribution in [0.2, 0.25) is 0 Å². The number of aromatic nitrogens is 4. The highest BCUT2D eigenvalue weighted by atomic mass is 16.5. The predicted molar refractivity (Wildman–Crippen MR) is 167 cm³/mol. The molecule has 0 saturated heterocycles. The Morgan fingerprint density at radius 3 is 2.41 bits per heavy atom. The number of fused-ring (bicyclic) bond motifs is 1. The van der Waals surface area contributed by atoms with Crippen molar-refractivity contribution in [3.8, 4) is 5.75 Å². The first kappa shape index (κ1) is 31.0. The van der Waals surface area contributed by atoms with Gasteiger partial charge in [0.2, 0.25) is 5.95 Å². The van der Waals surface area contributed by atoms with Gasteiger partial charge in [-0.15, -0.1) is 5.10 Å². The lowest BCUT2D eigenvalue weighted by Crippen LogP contribution is -2.30. The number of amides is 2. The lowest BCUT2D eigenvalue weighted by molar-refractivity contribution is 0.0939. The number of ether oxygens (including phenoxy) is 1. The molecule has 2 aromatic heterocycles. The largest absolute Gasteiger partial charge is 0.495 e. The van der Waals surface area contributed by atoms with E-state index >= 15 is 0 Å². The summed E-state index contributed by atoms with van der Waals surface area (Å²) in [6, 6.07) is 9.76. The number of carbonyl (C=O) groups excluding carboxylic acids is 2. The van der Waals surface area contributed by atoms with Crippen molar-refractivity contribution in [1.29, 1.82) is 0 Å². The molecule has 17 heteroatoms. The van der Waals surface area contributed by atoms with Crippen molar-refractivity contribution in [3.63, 3.8) is 0 Å². The van der Waals surface area contributed by atoms with E-state index in [1.54, 1.807) is 42.6 Å². The van der Waals surface area contributed by atoms with Gasteiger partial charge in [-0.25, -0.2) is 21.3 Å². The van der Waals surface area contributed by atoms with Crippen molar-refractivity contribution >= 4 is 52.0 Å². The zero-order chi connectivity index (χ0) is 31.6. The zero-order valence-electron chi connectivity index (χ0n) is 23.9. The first-order valence-corrected chi connectivity index (χ1v) is 13.4. The van der Waals surface area contributed by atoms with Crippen LogP contribution in [0.1, 0.15) is 44.8 Å². The highest BCUT2D eigenvalue weighted by Gasteiger charge is 2.15. The molecule has 2 aromatic carbocycles. The normalized spacial score (nSPS) is 11.2. The van der Waals surface area contributed by atoms with E-state index < -0.39 is 0 Å². The summed E-state index contributed by atoms with van der Waals surface area (Å²) >= 11 is 0. The molecule has 0 aliphatic rings. The summed E-state index contributed by atoms with van der Waals surface area (Å²) in [7, 11) is 1.51. The molecule has 0 aliphatic heterocycles. The quantitative estimate of drug-likeness (QED) is 0.0239. The molecule has 0 atom stereocenters. The molecule has 44 heavy (non-hydrogen) atoms. The topological polar surface area (TPSA) is 286 Å². The summed E-state index contributed by atoms with van der Waals surface area (Å²) in [6.07, 6.45) is 2.81. The molecule has 0 bridgehead atoms. The number of anilines is 4. The van der Waals surface area contributed by atoms with Crippen molar-refractivity contribution in [2.75, 3.05) is 42.7 Å². The Balaban J connectivity index is 1.25. The average Bonchev–Trinajstić information content (AvgIpc) is 3.01. The highest BCUT2D eigenvalue weighted by molar-refractivity contribution is 6.09. The summed E-state index contributed by atoms with van der Waals surface area (Å²) in [5.74, 6) is 5.26. The number of unbranched alkanes of at least 4 members (excludes halogenated alkanes) is 1. The van der Waals surface area contributed by atoms with Crippen LogP contribution in [0.15, 0.2) is 47.7 Å². The Bertz CT molecular complexity index is 1690. The van der Waals surface area contributed by atoms with Gasteiger partial charge in [-0.3, -0.25) is 9.59 Å². The number of hydrogen-bond donors (Lipinski definition) is 9. The molecule has 4 rings (SSSR count). The van der Waals surface area contributed by atoms with Crippen LogP contribution in [0.3, 0.4) is 0 Å². The Hall–Kier alpha value is -5.97. The lowest BCUT2D eigenvalue weighted by Gasteiger charge is -2.13. The maximum atomic E-state index is 12.7. The van der Waals surface area contributed by atoms with Crippen LogP contribution >= 0.6 is 0 Å². The molecule has 0 spiro atoms. The van der Waals surface area contributed by atoms with Crippen molar-refractivity contribution in [1.82, 2.24) is 36.1 Å². The molecule has 230 valence electrons. The Kier molecular flexibility index (Phi) is 10.0. The first-order chi connectivity index (χ1) is 21.2. The molecule has 14 N–H and O–H groups in total. The van der Waals surface area contributed by atoms with Crippen LogP contribution in [0.4, 0.5) is 23.1 Å². The molecule has 17 nitrogen and oxygen atoms in total. The van der Waals surface area contributed by atoms with Gasteiger partial charge in [-0.1, -0.05) is 0 Å². The van der Waals surface area contributed by atoms with Crippen LogP contribution in [-0.4, -0.2) is 57.8 Å². The Morgan fingerprint density at radius 1 is 0.932 bits per heavy atom. The molecule has 0 saturated carbocycles. The number of nitrogens with one attached hydrogen (secondary N) is 4. The molecule has 0 aliphatic carbocycles. The minimum atomic E-state index is -0.337. The van der Waals surface area contributed by atoms with Crippen molar-refractivity contribution < 1.29 is 14.3 Å². The van der Waals surface area contributed by atoms with Gasteiger partial charge in [-0.05, 0) is 49.2 Å². The standard InChI is InChI=1S/C27H34N14O3/c1-44-20-10-14(4-7-19(20)35-12-16-13-36-24-21(37-16)23(30)38-27(31)39-24)25(42)33-8-2-3-9-34-26(43)17-6-5-15(28)11-18(17)22(29)40-41-32/h4-7,10-11,13,35,41H,2-3,8-9,12,28,32H2,1H3,(H2,29,40)(H,33,42)(H,34,43)(H4,30,31,36,38,39). The number of amidine groups is 1. The Morgan fingerprint density at radius 2 is 1.68 bits per heavy atom. The molecular formula is C27H34N14O3. The van der Waals surface area contributed by atoms with E-state index in [9.17, 15) is 9.59 Å². The monoisotopic (exact) mass is 602 g/mol. The fourth-order valence-corrected chi connectivity index (χ4v) is 4.18. The van der Waals surface area contributed by atoms with E-state index in [0.717, 1.165) is 0 Å². The van der Waals surface area contributed by atoms with Gasteiger partial charge in [0, 0.05) is 29.9 Å². The number of rotatable bonds is 13. The number of hydrogen-bond acceptors (Lipinski definition) is 14. The number of hydrazine groups is 1. The maximum Gasteiger partial charge on any atom is 0.252 e. The van der Waals surface area contributed by atoms with Gasteiger partial charge in [0.15, 0.2) is 22.8 Å². The number of nitrogens with zero attached hydrogens (tertiary/aromatic N) is 5. The summed E-state index contributed by atoms with van der Waals surface area (Å²) < 4.78 is 5.48. The second-order valence-electron chi connectivity index (χ2n) is 9.42. The average molecular weight is 603 g/mol. The predicted octanol–water partition coefficient (Wildman–Crippen LogP) is -0.189. The van der Waals surface area contributed by atoms with Crippen molar-refractivity contribution in [3.05, 3.63) is 65.0 Å². The molecule has 2 heterocycles. The van der Waals surface area contributed by atoms with Gasteiger partial charge >= 0.3 is 0 Å². The summed E-state index contributed by atoms with van der Waals surface area (Å²) in [5, 5.41) is 12.6. The number of hydrazone groups is 1. The van der Waals surface area contributed by atoms with Gasteiger partial charge in [0.1, 0.15) is 5.75 Å². The third kappa shape index (κ3) is 7.65. The number of nitrogens with two attached hydrogens (primary N) is 5. The van der Waals surface area contributed by atoms with E-state index in [0.29, 0.717) is 83.1 Å². The van der Waals surface area contributed by atoms with Gasteiger partial charge < -0.3 is 43.6 Å². The second kappa shape index (κ2) is 14.3. The number of benzene rings is 2. The van der Waals surface area contributed by atoms with E-state index in [2.05, 4.69) is 46.5 Å². The number of methoxy groups -OCH3 is 1. The van der Waals surface area contributed by atoms with Crippen molar-refractivity contribution in [2.24, 2.45) is 16.7 Å². The SMILES string of the molecule is COc1cc(C(=O)NCCCCNC(=O)c2ccc(N)cc2/C(N)=N/NN)ccc1NCc1cnc2nc(N)nc(N)c2n1. The highest BCUT2D eigenvalue weighted by Crippen LogP contribution is 2.26. The van der Waals surface area contributed by atoms with E-state index in [1.807, 2.05) is 0 Å². The van der Waals surface area contributed by atoms with E-state index in [-0.39, 0.29) is 29.4 Å². The molecular weight excluding hydrogens is 568 g/mol. The van der Waals surface area contributed by atoms with Crippen LogP contribution in [0, 0.1) is 0 Å². The van der Waals surface area contributed by atoms with E-state index in [4.69, 9.17) is 33.5 Å². The first-order valence-electron chi connectivity index (χ1n) is 13.4. The smallest absolute Gasteiger partial charge is 0.252 e. The molecule has 0 unspecified atom stereocenters. The second-order valence-corrected chi connectivity index (χ2v) is 9.42. The zero-order valence-corrected chi connectivity index (χ0v) is 23.9. The van der Waals surface area contributed by atoms with Crippen LogP contribution in [0.5, 0.6) is 5.75 Å². The summed E-state index contributed by atoms with van der Waals surface area (Å²) in [6.45, 7) is 1.09. The fraction of sp³-hybridized carbons (Fsp3) is 0.222. The maximum absolute atomic E-state index is 12.7. The van der Waals surface area contributed by atoms with Gasteiger partial charge in [-0.2, -0.15) is 9.97 Å². The third-order valence-electron chi connectivity index (χ3n) is 6.35. The van der Waals surface area contributed by atoms with Crippen molar-refractivity contribution in [2.45, 2.75) is 19.4 Å².